The van der Waals surface area contributed by atoms with Gasteiger partial charge in [-0.2, -0.15) is 0 Å². The molecule has 2 amide bonds. The van der Waals surface area contributed by atoms with Crippen LogP contribution in [0.15, 0.2) is 24.3 Å². The first-order valence-corrected chi connectivity index (χ1v) is 9.41. The Morgan fingerprint density at radius 2 is 2.00 bits per heavy atom. The first-order valence-electron chi connectivity index (χ1n) is 9.41. The van der Waals surface area contributed by atoms with Gasteiger partial charge in [0.15, 0.2) is 5.82 Å². The van der Waals surface area contributed by atoms with E-state index in [1.165, 1.54) is 12.1 Å². The second-order valence-corrected chi connectivity index (χ2v) is 7.21. The van der Waals surface area contributed by atoms with Crippen LogP contribution in [-0.2, 0) is 13.0 Å². The molecule has 0 saturated heterocycles. The van der Waals surface area contributed by atoms with E-state index < -0.39 is 11.7 Å². The third-order valence-corrected chi connectivity index (χ3v) is 4.67. The normalized spacial score (nSPS) is 13.3. The smallest absolute Gasteiger partial charge is 0.291 e. The molecule has 0 saturated carbocycles. The van der Waals surface area contributed by atoms with E-state index >= 15 is 0 Å². The number of hydrogen-bond acceptors (Lipinski definition) is 3. The number of benzene rings is 1. The molecule has 6 nitrogen and oxygen atoms in total. The predicted octanol–water partition coefficient (Wildman–Crippen LogP) is 3.39. The molecular formula is C20H25FN4O2. The van der Waals surface area contributed by atoms with Crippen LogP contribution in [-0.4, -0.2) is 27.9 Å². The van der Waals surface area contributed by atoms with Crippen molar-refractivity contribution in [2.75, 3.05) is 11.9 Å². The van der Waals surface area contributed by atoms with E-state index in [4.69, 9.17) is 0 Å². The molecule has 3 rings (SSSR count). The second-order valence-electron chi connectivity index (χ2n) is 7.21. The van der Waals surface area contributed by atoms with Gasteiger partial charge in [-0.15, -0.1) is 0 Å². The van der Waals surface area contributed by atoms with Gasteiger partial charge in [-0.3, -0.25) is 9.59 Å². The summed E-state index contributed by atoms with van der Waals surface area (Å²) in [4.78, 5) is 29.6. The van der Waals surface area contributed by atoms with Crippen molar-refractivity contribution in [3.05, 3.63) is 47.3 Å². The fourth-order valence-corrected chi connectivity index (χ4v) is 3.20. The minimum absolute atomic E-state index is 0.0959. The zero-order chi connectivity index (χ0) is 19.4. The van der Waals surface area contributed by atoms with Gasteiger partial charge in [0.1, 0.15) is 11.5 Å². The molecule has 0 bridgehead atoms. The van der Waals surface area contributed by atoms with E-state index in [9.17, 15) is 14.0 Å². The van der Waals surface area contributed by atoms with Crippen LogP contribution in [0.25, 0.3) is 0 Å². The molecule has 144 valence electrons. The Morgan fingerprint density at radius 1 is 1.22 bits per heavy atom. The average molecular weight is 372 g/mol. The number of nitrogens with zero attached hydrogens (tertiary/aromatic N) is 2. The van der Waals surface area contributed by atoms with E-state index in [1.54, 1.807) is 16.7 Å². The highest BCUT2D eigenvalue weighted by Crippen LogP contribution is 2.22. The summed E-state index contributed by atoms with van der Waals surface area (Å²) in [7, 11) is 0. The zero-order valence-electron chi connectivity index (χ0n) is 15.7. The molecular weight excluding hydrogens is 347 g/mol. The van der Waals surface area contributed by atoms with Gasteiger partial charge >= 0.3 is 0 Å². The average Bonchev–Trinajstić information content (AvgIpc) is 3.03. The van der Waals surface area contributed by atoms with Crippen molar-refractivity contribution in [1.29, 1.82) is 0 Å². The molecule has 0 spiro atoms. The number of imidazole rings is 1. The van der Waals surface area contributed by atoms with Crippen LogP contribution in [0.1, 0.15) is 59.9 Å². The highest BCUT2D eigenvalue weighted by atomic mass is 19.1. The van der Waals surface area contributed by atoms with E-state index in [2.05, 4.69) is 29.5 Å². The van der Waals surface area contributed by atoms with Crippen molar-refractivity contribution >= 4 is 17.5 Å². The van der Waals surface area contributed by atoms with Gasteiger partial charge in [-0.1, -0.05) is 26.0 Å². The fourth-order valence-electron chi connectivity index (χ4n) is 3.20. The zero-order valence-corrected chi connectivity index (χ0v) is 15.7. The minimum atomic E-state index is -0.511. The van der Waals surface area contributed by atoms with Gasteiger partial charge in [0, 0.05) is 13.1 Å². The van der Waals surface area contributed by atoms with Gasteiger partial charge < -0.3 is 15.2 Å². The molecule has 1 aliphatic heterocycles. The first kappa shape index (κ1) is 19.1. The Morgan fingerprint density at radius 3 is 2.74 bits per heavy atom. The number of halogens is 1. The van der Waals surface area contributed by atoms with Gasteiger partial charge in [0.05, 0.1) is 11.4 Å². The molecule has 0 fully saturated rings. The first-order chi connectivity index (χ1) is 13.0. The lowest BCUT2D eigenvalue weighted by atomic mass is 10.1. The van der Waals surface area contributed by atoms with Crippen LogP contribution in [0.5, 0.6) is 0 Å². The van der Waals surface area contributed by atoms with E-state index in [-0.39, 0.29) is 17.4 Å². The number of para-hydroxylation sites is 1. The Bertz CT molecular complexity index is 845. The van der Waals surface area contributed by atoms with E-state index in [1.807, 2.05) is 0 Å². The molecule has 0 unspecified atom stereocenters. The number of carbonyl (C=O) groups excluding carboxylic acids is 2. The Balaban J connectivity index is 1.83. The lowest BCUT2D eigenvalue weighted by Gasteiger charge is -2.17. The topological polar surface area (TPSA) is 76.0 Å². The van der Waals surface area contributed by atoms with Crippen LogP contribution >= 0.6 is 0 Å². The third-order valence-electron chi connectivity index (χ3n) is 4.67. The van der Waals surface area contributed by atoms with Crippen LogP contribution in [0.4, 0.5) is 10.1 Å². The predicted molar refractivity (Wildman–Crippen MR) is 101 cm³/mol. The van der Waals surface area contributed by atoms with Crippen LogP contribution in [0.3, 0.4) is 0 Å². The molecule has 27 heavy (non-hydrogen) atoms. The number of carbonyl (C=O) groups is 2. The largest absolute Gasteiger partial charge is 0.351 e. The monoisotopic (exact) mass is 372 g/mol. The number of fused-ring (bicyclic) bond motifs is 1. The molecule has 2 aromatic rings. The summed E-state index contributed by atoms with van der Waals surface area (Å²) in [5, 5.41) is 5.44. The van der Waals surface area contributed by atoms with Crippen LogP contribution in [0, 0.1) is 11.7 Å². The van der Waals surface area contributed by atoms with Gasteiger partial charge in [-0.05, 0) is 43.7 Å². The molecule has 2 N–H and O–H groups in total. The number of aromatic nitrogens is 2. The van der Waals surface area contributed by atoms with Crippen LogP contribution in [0.2, 0.25) is 0 Å². The van der Waals surface area contributed by atoms with Crippen molar-refractivity contribution in [1.82, 2.24) is 14.9 Å². The summed E-state index contributed by atoms with van der Waals surface area (Å²) < 4.78 is 15.6. The lowest BCUT2D eigenvalue weighted by molar-refractivity contribution is 0.0946. The molecule has 0 atom stereocenters. The molecule has 1 aromatic carbocycles. The number of hydrogen-bond donors (Lipinski definition) is 2. The summed E-state index contributed by atoms with van der Waals surface area (Å²) >= 11 is 0. The quantitative estimate of drug-likeness (QED) is 0.816. The summed E-state index contributed by atoms with van der Waals surface area (Å²) in [6, 6.07) is 5.98. The number of nitrogens with one attached hydrogen (secondary N) is 2. The van der Waals surface area contributed by atoms with Crippen molar-refractivity contribution in [2.24, 2.45) is 5.92 Å². The summed E-state index contributed by atoms with van der Waals surface area (Å²) in [5.74, 6) is -0.635. The summed E-state index contributed by atoms with van der Waals surface area (Å²) in [5.41, 5.74) is 1.18. The van der Waals surface area contributed by atoms with Crippen LogP contribution < -0.4 is 10.6 Å². The van der Waals surface area contributed by atoms with E-state index in [0.29, 0.717) is 31.1 Å². The molecule has 7 heteroatoms. The molecule has 2 heterocycles. The third kappa shape index (κ3) is 4.35. The number of anilines is 1. The number of amides is 2. The van der Waals surface area contributed by atoms with Gasteiger partial charge in [0.2, 0.25) is 0 Å². The van der Waals surface area contributed by atoms with Crippen molar-refractivity contribution in [2.45, 2.75) is 46.1 Å². The maximum Gasteiger partial charge on any atom is 0.291 e. The highest BCUT2D eigenvalue weighted by Gasteiger charge is 2.27. The Labute approximate surface area is 158 Å². The maximum absolute atomic E-state index is 13.8. The van der Waals surface area contributed by atoms with Crippen molar-refractivity contribution in [3.63, 3.8) is 0 Å². The van der Waals surface area contributed by atoms with Crippen molar-refractivity contribution in [3.8, 4) is 0 Å². The molecule has 1 aliphatic rings. The second kappa shape index (κ2) is 8.33. The lowest BCUT2D eigenvalue weighted by Crippen LogP contribution is -2.27. The van der Waals surface area contributed by atoms with Crippen molar-refractivity contribution < 1.29 is 14.0 Å². The summed E-state index contributed by atoms with van der Waals surface area (Å²) in [6.45, 7) is 5.38. The maximum atomic E-state index is 13.8. The molecule has 0 aliphatic carbocycles. The standard InChI is InChI=1S/C20H25FN4O2/c1-13(2)10-11-22-19(26)17-16-9-5-6-12-25(16)18(24-17)20(27)23-15-8-4-3-7-14(15)21/h3-4,7-8,13H,5-6,9-12H2,1-2H3,(H,22,26)(H,23,27). The Hall–Kier alpha value is -2.70. The molecule has 1 aromatic heterocycles. The highest BCUT2D eigenvalue weighted by molar-refractivity contribution is 6.03. The van der Waals surface area contributed by atoms with Gasteiger partial charge in [-0.25, -0.2) is 9.37 Å². The van der Waals surface area contributed by atoms with E-state index in [0.717, 1.165) is 25.0 Å². The Kier molecular flexibility index (Phi) is 5.88. The fraction of sp³-hybridized carbons (Fsp3) is 0.450. The number of rotatable bonds is 6. The molecule has 0 radical (unpaired) electrons. The SMILES string of the molecule is CC(C)CCNC(=O)c1nc(C(=O)Nc2ccccc2F)n2c1CCCC2. The van der Waals surface area contributed by atoms with Gasteiger partial charge in [0.25, 0.3) is 11.8 Å². The summed E-state index contributed by atoms with van der Waals surface area (Å²) in [6.07, 6.45) is 3.44. The minimum Gasteiger partial charge on any atom is -0.351 e.